The number of hydrogen-bond acceptors (Lipinski definition) is 2. The summed E-state index contributed by atoms with van der Waals surface area (Å²) in [7, 11) is 0. The summed E-state index contributed by atoms with van der Waals surface area (Å²) in [5, 5.41) is 11.3. The van der Waals surface area contributed by atoms with E-state index in [4.69, 9.17) is 23.2 Å². The number of hydrogen-bond donors (Lipinski definition) is 0. The Bertz CT molecular complexity index is 811. The summed E-state index contributed by atoms with van der Waals surface area (Å²) in [6.45, 7) is 5.14. The molecular formula is C24H28Cl2N2. The molecule has 28 heavy (non-hydrogen) atoms. The highest BCUT2D eigenvalue weighted by Crippen LogP contribution is 2.47. The SMILES string of the molecule is CCN(CCCC(C#N)(c1ccc(Cl)c(Cl)c1)C1CCC1)Cc1ccccc1. The summed E-state index contributed by atoms with van der Waals surface area (Å²) in [4.78, 5) is 2.45. The molecule has 1 aliphatic carbocycles. The molecule has 1 atom stereocenters. The van der Waals surface area contributed by atoms with E-state index in [0.717, 1.165) is 50.9 Å². The lowest BCUT2D eigenvalue weighted by Gasteiger charge is -2.41. The molecule has 0 saturated heterocycles. The molecule has 2 aromatic rings. The molecule has 0 N–H and O–H groups in total. The molecule has 0 heterocycles. The molecule has 1 fully saturated rings. The fraction of sp³-hybridized carbons (Fsp3) is 0.458. The molecule has 0 aromatic heterocycles. The van der Waals surface area contributed by atoms with E-state index in [1.807, 2.05) is 18.2 Å². The zero-order chi connectivity index (χ0) is 20.0. The van der Waals surface area contributed by atoms with Crippen LogP contribution in [-0.2, 0) is 12.0 Å². The number of nitriles is 1. The first kappa shape index (κ1) is 21.2. The summed E-state index contributed by atoms with van der Waals surface area (Å²) >= 11 is 12.4. The normalized spacial score (nSPS) is 16.4. The van der Waals surface area contributed by atoms with Gasteiger partial charge in [0.25, 0.3) is 0 Å². The first-order chi connectivity index (χ1) is 13.6. The molecule has 0 aliphatic heterocycles. The molecule has 0 radical (unpaired) electrons. The van der Waals surface area contributed by atoms with Crippen LogP contribution >= 0.6 is 23.2 Å². The lowest BCUT2D eigenvalue weighted by Crippen LogP contribution is -2.39. The average Bonchev–Trinajstić information content (AvgIpc) is 2.67. The van der Waals surface area contributed by atoms with E-state index in [2.05, 4.69) is 48.2 Å². The Morgan fingerprint density at radius 2 is 1.86 bits per heavy atom. The van der Waals surface area contributed by atoms with Gasteiger partial charge >= 0.3 is 0 Å². The number of benzene rings is 2. The Morgan fingerprint density at radius 3 is 2.43 bits per heavy atom. The van der Waals surface area contributed by atoms with Crippen LogP contribution in [0.3, 0.4) is 0 Å². The van der Waals surface area contributed by atoms with Gasteiger partial charge < -0.3 is 0 Å². The smallest absolute Gasteiger partial charge is 0.0851 e. The second kappa shape index (κ2) is 9.79. The molecule has 4 heteroatoms. The van der Waals surface area contributed by atoms with Gasteiger partial charge in [-0.15, -0.1) is 0 Å². The number of rotatable bonds is 9. The predicted molar refractivity (Wildman–Crippen MR) is 118 cm³/mol. The van der Waals surface area contributed by atoms with Gasteiger partial charge in [0.05, 0.1) is 21.5 Å². The van der Waals surface area contributed by atoms with Gasteiger partial charge in [0.15, 0.2) is 0 Å². The van der Waals surface area contributed by atoms with Crippen LogP contribution in [0.15, 0.2) is 48.5 Å². The van der Waals surface area contributed by atoms with Gasteiger partial charge in [0.1, 0.15) is 0 Å². The summed E-state index contributed by atoms with van der Waals surface area (Å²) in [6.07, 6.45) is 5.30. The van der Waals surface area contributed by atoms with Gasteiger partial charge in [0.2, 0.25) is 0 Å². The minimum atomic E-state index is -0.460. The Labute approximate surface area is 179 Å². The van der Waals surface area contributed by atoms with Gasteiger partial charge in [-0.25, -0.2) is 0 Å². The molecule has 0 spiro atoms. The predicted octanol–water partition coefficient (Wildman–Crippen LogP) is 6.86. The Kier molecular flexibility index (Phi) is 7.41. The van der Waals surface area contributed by atoms with Crippen molar-refractivity contribution in [2.45, 2.75) is 51.0 Å². The van der Waals surface area contributed by atoms with E-state index in [-0.39, 0.29) is 0 Å². The Morgan fingerprint density at radius 1 is 1.11 bits per heavy atom. The fourth-order valence-electron chi connectivity index (χ4n) is 4.24. The van der Waals surface area contributed by atoms with Crippen molar-refractivity contribution < 1.29 is 0 Å². The lowest BCUT2D eigenvalue weighted by atomic mass is 9.61. The number of halogens is 2. The molecule has 2 nitrogen and oxygen atoms in total. The maximum Gasteiger partial charge on any atom is 0.0851 e. The van der Waals surface area contributed by atoms with Crippen LogP contribution < -0.4 is 0 Å². The van der Waals surface area contributed by atoms with Crippen molar-refractivity contribution >= 4 is 23.2 Å². The summed E-state index contributed by atoms with van der Waals surface area (Å²) < 4.78 is 0. The first-order valence-corrected chi connectivity index (χ1v) is 11.0. The average molecular weight is 415 g/mol. The standard InChI is InChI=1S/C24H28Cl2N2/c1-2-28(17-19-8-4-3-5-9-19)15-7-14-24(18-27,20-10-6-11-20)21-12-13-22(25)23(26)16-21/h3-5,8-9,12-13,16,20H,2,6-7,10-11,14-15,17H2,1H3. The minimum Gasteiger partial charge on any atom is -0.299 e. The molecule has 2 aromatic carbocycles. The van der Waals surface area contributed by atoms with E-state index >= 15 is 0 Å². The highest BCUT2D eigenvalue weighted by molar-refractivity contribution is 6.42. The van der Waals surface area contributed by atoms with Crippen LogP contribution in [0.1, 0.15) is 50.2 Å². The Hall–Kier alpha value is -1.53. The zero-order valence-electron chi connectivity index (χ0n) is 16.5. The molecule has 148 valence electrons. The van der Waals surface area contributed by atoms with Crippen molar-refractivity contribution in [3.63, 3.8) is 0 Å². The van der Waals surface area contributed by atoms with Crippen molar-refractivity contribution in [2.24, 2.45) is 5.92 Å². The molecule has 1 saturated carbocycles. The highest BCUT2D eigenvalue weighted by Gasteiger charge is 2.43. The summed E-state index contributed by atoms with van der Waals surface area (Å²) in [5.74, 6) is 0.416. The van der Waals surface area contributed by atoms with Gasteiger partial charge in [-0.1, -0.05) is 72.9 Å². The van der Waals surface area contributed by atoms with Crippen molar-refractivity contribution in [2.75, 3.05) is 13.1 Å². The van der Waals surface area contributed by atoms with E-state index in [1.54, 1.807) is 0 Å². The van der Waals surface area contributed by atoms with Crippen LogP contribution in [0, 0.1) is 17.2 Å². The third-order valence-electron chi connectivity index (χ3n) is 6.18. The van der Waals surface area contributed by atoms with Crippen LogP contribution in [-0.4, -0.2) is 18.0 Å². The second-order valence-electron chi connectivity index (χ2n) is 7.80. The van der Waals surface area contributed by atoms with Gasteiger partial charge in [0, 0.05) is 6.54 Å². The van der Waals surface area contributed by atoms with E-state index in [0.29, 0.717) is 16.0 Å². The van der Waals surface area contributed by atoms with Gasteiger partial charge in [-0.3, -0.25) is 4.90 Å². The first-order valence-electron chi connectivity index (χ1n) is 10.2. The maximum atomic E-state index is 10.2. The van der Waals surface area contributed by atoms with Crippen molar-refractivity contribution in [1.82, 2.24) is 4.90 Å². The molecule has 0 amide bonds. The summed E-state index contributed by atoms with van der Waals surface area (Å²) in [6, 6.07) is 19.0. The van der Waals surface area contributed by atoms with Crippen molar-refractivity contribution in [3.8, 4) is 6.07 Å². The maximum absolute atomic E-state index is 10.2. The topological polar surface area (TPSA) is 27.0 Å². The highest BCUT2D eigenvalue weighted by atomic mass is 35.5. The van der Waals surface area contributed by atoms with Gasteiger partial charge in [-0.05, 0) is 68.0 Å². The third kappa shape index (κ3) is 4.71. The van der Waals surface area contributed by atoms with Crippen LogP contribution in [0.2, 0.25) is 10.0 Å². The molecule has 3 rings (SSSR count). The molecular weight excluding hydrogens is 387 g/mol. The number of nitrogens with zero attached hydrogens (tertiary/aromatic N) is 2. The third-order valence-corrected chi connectivity index (χ3v) is 6.92. The quantitative estimate of drug-likeness (QED) is 0.447. The zero-order valence-corrected chi connectivity index (χ0v) is 18.0. The monoisotopic (exact) mass is 414 g/mol. The van der Waals surface area contributed by atoms with E-state index < -0.39 is 5.41 Å². The van der Waals surface area contributed by atoms with Crippen molar-refractivity contribution in [1.29, 1.82) is 5.26 Å². The fourth-order valence-corrected chi connectivity index (χ4v) is 4.54. The molecule has 1 aliphatic rings. The molecule has 0 bridgehead atoms. The van der Waals surface area contributed by atoms with E-state index in [1.165, 1.54) is 12.0 Å². The van der Waals surface area contributed by atoms with Crippen LogP contribution in [0.25, 0.3) is 0 Å². The largest absolute Gasteiger partial charge is 0.299 e. The summed E-state index contributed by atoms with van der Waals surface area (Å²) in [5.41, 5.74) is 1.90. The lowest BCUT2D eigenvalue weighted by molar-refractivity contribution is 0.184. The minimum absolute atomic E-state index is 0.416. The van der Waals surface area contributed by atoms with E-state index in [9.17, 15) is 5.26 Å². The second-order valence-corrected chi connectivity index (χ2v) is 8.61. The van der Waals surface area contributed by atoms with Gasteiger partial charge in [-0.2, -0.15) is 5.26 Å². The van der Waals surface area contributed by atoms with Crippen molar-refractivity contribution in [3.05, 3.63) is 69.7 Å². The Balaban J connectivity index is 1.71. The van der Waals surface area contributed by atoms with Crippen LogP contribution in [0.4, 0.5) is 0 Å². The van der Waals surface area contributed by atoms with Crippen LogP contribution in [0.5, 0.6) is 0 Å². The molecule has 1 unspecified atom stereocenters.